The predicted molar refractivity (Wildman–Crippen MR) is 199 cm³/mol. The summed E-state index contributed by atoms with van der Waals surface area (Å²) in [6, 6.07) is 0. The predicted octanol–water partition coefficient (Wildman–Crippen LogP) is 13.3. The van der Waals surface area contributed by atoms with Crippen LogP contribution in [0.4, 0.5) is 0 Å². The Morgan fingerprint density at radius 2 is 0.978 bits per heavy atom. The summed E-state index contributed by atoms with van der Waals surface area (Å²) in [5.74, 6) is -0.826. The van der Waals surface area contributed by atoms with E-state index >= 15 is 0 Å². The molecule has 0 fully saturated rings. The second-order valence-corrected chi connectivity index (χ2v) is 12.7. The topological polar surface area (TPSA) is 63.6 Å². The van der Waals surface area contributed by atoms with Crippen LogP contribution in [0, 0.1) is 0 Å². The van der Waals surface area contributed by atoms with Crippen LogP contribution in [0.25, 0.3) is 0 Å². The number of carboxylic acid groups (broad SMARTS) is 1. The van der Waals surface area contributed by atoms with Crippen molar-refractivity contribution in [3.05, 3.63) is 60.8 Å². The van der Waals surface area contributed by atoms with Gasteiger partial charge in [0.05, 0.1) is 0 Å². The number of aliphatic carboxylic acids is 1. The quantitative estimate of drug-likeness (QED) is 0.0432. The molecule has 0 rings (SSSR count). The van der Waals surface area contributed by atoms with E-state index in [1.54, 1.807) is 0 Å². The zero-order valence-electron chi connectivity index (χ0n) is 30.1. The van der Waals surface area contributed by atoms with Crippen LogP contribution in [0.5, 0.6) is 0 Å². The summed E-state index contributed by atoms with van der Waals surface area (Å²) in [4.78, 5) is 23.3. The summed E-state index contributed by atoms with van der Waals surface area (Å²) in [5, 5.41) is 8.81. The van der Waals surface area contributed by atoms with Crippen LogP contribution >= 0.6 is 0 Å². The SMILES string of the molecule is CC/C=C\C/C=C\C/C=C\C(CCCCCCC(=O)O)OC(=O)CCCCCCCCCCC/C=C\C/C=C\CCCCCCC. The molecule has 1 N–H and O–H groups in total. The third-order valence-corrected chi connectivity index (χ3v) is 8.21. The summed E-state index contributed by atoms with van der Waals surface area (Å²) in [6.45, 7) is 4.40. The van der Waals surface area contributed by atoms with Crippen LogP contribution in [0.2, 0.25) is 0 Å². The van der Waals surface area contributed by atoms with E-state index in [1.807, 2.05) is 6.08 Å². The van der Waals surface area contributed by atoms with Crippen molar-refractivity contribution in [3.8, 4) is 0 Å². The third kappa shape index (κ3) is 36.1. The lowest BCUT2D eigenvalue weighted by Gasteiger charge is -2.14. The zero-order valence-corrected chi connectivity index (χ0v) is 30.1. The highest BCUT2D eigenvalue weighted by molar-refractivity contribution is 5.69. The molecule has 0 saturated heterocycles. The molecule has 264 valence electrons. The molecule has 0 aliphatic carbocycles. The molecule has 0 radical (unpaired) electrons. The smallest absolute Gasteiger partial charge is 0.306 e. The molecule has 1 unspecified atom stereocenters. The summed E-state index contributed by atoms with van der Waals surface area (Å²) < 4.78 is 5.84. The first kappa shape index (κ1) is 43.6. The highest BCUT2D eigenvalue weighted by atomic mass is 16.5. The van der Waals surface area contributed by atoms with E-state index in [9.17, 15) is 9.59 Å². The van der Waals surface area contributed by atoms with Crippen molar-refractivity contribution in [2.45, 2.75) is 193 Å². The zero-order chi connectivity index (χ0) is 33.6. The molecule has 0 aromatic heterocycles. The van der Waals surface area contributed by atoms with Crippen molar-refractivity contribution in [2.75, 3.05) is 0 Å². The Bertz CT molecular complexity index is 820. The highest BCUT2D eigenvalue weighted by Crippen LogP contribution is 2.15. The van der Waals surface area contributed by atoms with Gasteiger partial charge in [-0.1, -0.05) is 152 Å². The molecule has 4 nitrogen and oxygen atoms in total. The maximum Gasteiger partial charge on any atom is 0.306 e. The number of esters is 1. The van der Waals surface area contributed by atoms with Crippen molar-refractivity contribution in [3.63, 3.8) is 0 Å². The number of carboxylic acids is 1. The number of allylic oxidation sites excluding steroid dienone is 9. The summed E-state index contributed by atoms with van der Waals surface area (Å²) >= 11 is 0. The first-order valence-corrected chi connectivity index (χ1v) is 19.3. The Morgan fingerprint density at radius 1 is 0.522 bits per heavy atom. The second kappa shape index (κ2) is 37.1. The lowest BCUT2D eigenvalue weighted by atomic mass is 10.1. The standard InChI is InChI=1S/C42H72O4/c1-3-5-7-9-11-13-14-15-16-17-18-19-20-21-22-23-24-25-27-29-35-39-42(45)46-40(37-33-30-31-34-38-41(43)44)36-32-28-26-12-10-8-6-4-2/h6,8,12,14-15,17-18,26,32,36,40H,3-5,7,9-11,13,16,19-25,27-31,33-35,37-39H2,1-2H3,(H,43,44)/b8-6-,15-14-,18-17-,26-12-,36-32-. The van der Waals surface area contributed by atoms with Gasteiger partial charge in [0.25, 0.3) is 0 Å². The number of carbonyl (C=O) groups is 2. The van der Waals surface area contributed by atoms with E-state index in [4.69, 9.17) is 9.84 Å². The van der Waals surface area contributed by atoms with Crippen molar-refractivity contribution < 1.29 is 19.4 Å². The molecule has 0 spiro atoms. The molecular weight excluding hydrogens is 568 g/mol. The number of hydrogen-bond acceptors (Lipinski definition) is 3. The van der Waals surface area contributed by atoms with Gasteiger partial charge in [-0.3, -0.25) is 9.59 Å². The van der Waals surface area contributed by atoms with Gasteiger partial charge >= 0.3 is 11.9 Å². The van der Waals surface area contributed by atoms with Gasteiger partial charge in [-0.2, -0.15) is 0 Å². The van der Waals surface area contributed by atoms with Crippen LogP contribution in [0.3, 0.4) is 0 Å². The number of ether oxygens (including phenoxy) is 1. The van der Waals surface area contributed by atoms with Crippen molar-refractivity contribution in [2.24, 2.45) is 0 Å². The van der Waals surface area contributed by atoms with Gasteiger partial charge < -0.3 is 9.84 Å². The molecule has 4 heteroatoms. The van der Waals surface area contributed by atoms with Crippen LogP contribution in [0.15, 0.2) is 60.8 Å². The molecule has 0 aliphatic heterocycles. The molecule has 0 bridgehead atoms. The molecule has 1 atom stereocenters. The van der Waals surface area contributed by atoms with Crippen molar-refractivity contribution >= 4 is 11.9 Å². The third-order valence-electron chi connectivity index (χ3n) is 8.21. The number of hydrogen-bond donors (Lipinski definition) is 1. The normalized spacial score (nSPS) is 12.9. The molecule has 0 heterocycles. The summed E-state index contributed by atoms with van der Waals surface area (Å²) in [7, 11) is 0. The lowest BCUT2D eigenvalue weighted by molar-refractivity contribution is -0.147. The minimum atomic E-state index is -0.732. The molecule has 0 aliphatic rings. The first-order valence-electron chi connectivity index (χ1n) is 19.3. The largest absolute Gasteiger partial charge is 0.481 e. The van der Waals surface area contributed by atoms with E-state index in [0.717, 1.165) is 64.2 Å². The Balaban J connectivity index is 3.93. The fourth-order valence-electron chi connectivity index (χ4n) is 5.38. The molecule has 0 aromatic carbocycles. The lowest BCUT2D eigenvalue weighted by Crippen LogP contribution is -2.16. The fraction of sp³-hybridized carbons (Fsp3) is 0.714. The monoisotopic (exact) mass is 641 g/mol. The van der Waals surface area contributed by atoms with Gasteiger partial charge in [-0.15, -0.1) is 0 Å². The van der Waals surface area contributed by atoms with E-state index < -0.39 is 5.97 Å². The Hall–Kier alpha value is -2.36. The first-order chi connectivity index (χ1) is 22.6. The van der Waals surface area contributed by atoms with Gasteiger partial charge in [0.2, 0.25) is 0 Å². The highest BCUT2D eigenvalue weighted by Gasteiger charge is 2.11. The van der Waals surface area contributed by atoms with Crippen LogP contribution in [-0.2, 0) is 14.3 Å². The summed E-state index contributed by atoms with van der Waals surface area (Å²) in [6.07, 6.45) is 51.2. The van der Waals surface area contributed by atoms with Gasteiger partial charge in [0.15, 0.2) is 0 Å². The summed E-state index contributed by atoms with van der Waals surface area (Å²) in [5.41, 5.74) is 0. The molecular formula is C42H72O4. The van der Waals surface area contributed by atoms with E-state index in [2.05, 4.69) is 68.5 Å². The Kier molecular flexibility index (Phi) is 35.2. The Morgan fingerprint density at radius 3 is 1.54 bits per heavy atom. The second-order valence-electron chi connectivity index (χ2n) is 12.7. The van der Waals surface area contributed by atoms with Crippen LogP contribution in [-0.4, -0.2) is 23.1 Å². The Labute approximate surface area is 284 Å². The molecule has 0 saturated carbocycles. The number of carbonyl (C=O) groups excluding carboxylic acids is 1. The van der Waals surface area contributed by atoms with E-state index in [1.165, 1.54) is 89.9 Å². The van der Waals surface area contributed by atoms with Crippen LogP contribution < -0.4 is 0 Å². The molecule has 46 heavy (non-hydrogen) atoms. The average Bonchev–Trinajstić information content (AvgIpc) is 3.04. The minimum absolute atomic E-state index is 0.0938. The van der Waals surface area contributed by atoms with Gasteiger partial charge in [0, 0.05) is 12.8 Å². The number of unbranched alkanes of at least 4 members (excludes halogenated alkanes) is 17. The maximum atomic E-state index is 12.5. The van der Waals surface area contributed by atoms with Crippen molar-refractivity contribution in [1.29, 1.82) is 0 Å². The fourth-order valence-corrected chi connectivity index (χ4v) is 5.38. The maximum absolute atomic E-state index is 12.5. The van der Waals surface area contributed by atoms with Crippen LogP contribution in [0.1, 0.15) is 187 Å². The van der Waals surface area contributed by atoms with Gasteiger partial charge in [-0.25, -0.2) is 0 Å². The van der Waals surface area contributed by atoms with Gasteiger partial charge in [-0.05, 0) is 83.1 Å². The average molecular weight is 641 g/mol. The number of rotatable bonds is 34. The van der Waals surface area contributed by atoms with Crippen molar-refractivity contribution in [1.82, 2.24) is 0 Å². The molecule has 0 aromatic rings. The van der Waals surface area contributed by atoms with E-state index in [0.29, 0.717) is 12.8 Å². The minimum Gasteiger partial charge on any atom is -0.481 e. The molecule has 0 amide bonds. The van der Waals surface area contributed by atoms with Gasteiger partial charge in [0.1, 0.15) is 6.10 Å². The van der Waals surface area contributed by atoms with E-state index in [-0.39, 0.29) is 18.5 Å².